The molecule has 4 nitrogen and oxygen atoms in total. The molecule has 1 aromatic heterocycles. The van der Waals surface area contributed by atoms with E-state index in [1.807, 2.05) is 34.5 Å². The van der Waals surface area contributed by atoms with Crippen molar-refractivity contribution < 1.29 is 9.53 Å². The maximum atomic E-state index is 13.0. The van der Waals surface area contributed by atoms with Crippen molar-refractivity contribution in [2.75, 3.05) is 26.2 Å². The van der Waals surface area contributed by atoms with Gasteiger partial charge in [0.05, 0.1) is 4.88 Å². The van der Waals surface area contributed by atoms with Crippen LogP contribution >= 0.6 is 27.3 Å². The molecular formula is C25H27BrN2O2S. The Labute approximate surface area is 196 Å². The number of aryl methyl sites for hydroxylation is 1. The van der Waals surface area contributed by atoms with Crippen LogP contribution in [0.2, 0.25) is 0 Å². The Morgan fingerprint density at radius 1 is 1.03 bits per heavy atom. The minimum atomic E-state index is 0.130. The summed E-state index contributed by atoms with van der Waals surface area (Å²) in [6, 6.07) is 16.5. The molecular weight excluding hydrogens is 472 g/mol. The summed E-state index contributed by atoms with van der Waals surface area (Å²) in [4.78, 5) is 18.1. The summed E-state index contributed by atoms with van der Waals surface area (Å²) in [6.07, 6.45) is 0. The van der Waals surface area contributed by atoms with E-state index < -0.39 is 0 Å². The van der Waals surface area contributed by atoms with Crippen LogP contribution < -0.4 is 4.74 Å². The lowest BCUT2D eigenvalue weighted by Gasteiger charge is -2.34. The predicted octanol–water partition coefficient (Wildman–Crippen LogP) is 5.66. The fourth-order valence-corrected chi connectivity index (χ4v) is 5.07. The van der Waals surface area contributed by atoms with Crippen LogP contribution in [0.3, 0.4) is 0 Å². The average Bonchev–Trinajstić information content (AvgIpc) is 3.24. The summed E-state index contributed by atoms with van der Waals surface area (Å²) in [5.74, 6) is 1.03. The number of halogens is 1. The van der Waals surface area contributed by atoms with Gasteiger partial charge in [0.25, 0.3) is 5.91 Å². The number of hydrogen-bond donors (Lipinski definition) is 0. The molecule has 0 saturated carbocycles. The average molecular weight is 499 g/mol. The largest absolute Gasteiger partial charge is 0.489 e. The van der Waals surface area contributed by atoms with E-state index in [0.29, 0.717) is 6.61 Å². The van der Waals surface area contributed by atoms with Crippen molar-refractivity contribution in [2.45, 2.75) is 27.0 Å². The van der Waals surface area contributed by atoms with E-state index in [1.165, 1.54) is 22.5 Å². The lowest BCUT2D eigenvalue weighted by Crippen LogP contribution is -2.48. The van der Waals surface area contributed by atoms with Crippen molar-refractivity contribution in [3.8, 4) is 5.75 Å². The summed E-state index contributed by atoms with van der Waals surface area (Å²) >= 11 is 5.04. The van der Waals surface area contributed by atoms with Crippen LogP contribution in [0, 0.1) is 13.8 Å². The number of hydrogen-bond acceptors (Lipinski definition) is 4. The molecule has 0 bridgehead atoms. The molecule has 6 heteroatoms. The van der Waals surface area contributed by atoms with Crippen molar-refractivity contribution in [3.05, 3.63) is 85.5 Å². The molecule has 0 radical (unpaired) electrons. The Kier molecular flexibility index (Phi) is 7.10. The first-order valence-electron chi connectivity index (χ1n) is 10.5. The molecule has 0 atom stereocenters. The number of rotatable bonds is 6. The number of benzene rings is 2. The summed E-state index contributed by atoms with van der Waals surface area (Å²) in [5.41, 5.74) is 4.72. The molecule has 31 heavy (non-hydrogen) atoms. The lowest BCUT2D eigenvalue weighted by atomic mass is 10.1. The smallest absolute Gasteiger partial charge is 0.264 e. The van der Waals surface area contributed by atoms with Gasteiger partial charge in [-0.05, 0) is 60.2 Å². The summed E-state index contributed by atoms with van der Waals surface area (Å²) < 4.78 is 7.10. The molecule has 0 aliphatic carbocycles. The van der Waals surface area contributed by atoms with Crippen molar-refractivity contribution in [1.82, 2.24) is 9.80 Å². The standard InChI is InChI=1S/C25H27BrN2O2S/c1-18-5-3-8-23(19(18)2)30-16-21-14-24(31-17-21)25(29)28-11-9-27(10-12-28)15-20-6-4-7-22(26)13-20/h3-8,13-14,17H,9-12,15-16H2,1-2H3. The minimum Gasteiger partial charge on any atom is -0.489 e. The summed E-state index contributed by atoms with van der Waals surface area (Å²) in [6.45, 7) is 8.87. The topological polar surface area (TPSA) is 32.8 Å². The van der Waals surface area contributed by atoms with Crippen LogP contribution in [-0.4, -0.2) is 41.9 Å². The second-order valence-corrected chi connectivity index (χ2v) is 9.83. The zero-order valence-corrected chi connectivity index (χ0v) is 20.3. The fraction of sp³-hybridized carbons (Fsp3) is 0.320. The van der Waals surface area contributed by atoms with Crippen molar-refractivity contribution >= 4 is 33.2 Å². The molecule has 2 aromatic carbocycles. The maximum Gasteiger partial charge on any atom is 0.264 e. The number of thiophene rings is 1. The van der Waals surface area contributed by atoms with Gasteiger partial charge in [-0.15, -0.1) is 11.3 Å². The highest BCUT2D eigenvalue weighted by atomic mass is 79.9. The van der Waals surface area contributed by atoms with Crippen LogP contribution in [0.5, 0.6) is 5.75 Å². The number of carbonyl (C=O) groups excluding carboxylic acids is 1. The van der Waals surface area contributed by atoms with Gasteiger partial charge >= 0.3 is 0 Å². The summed E-state index contributed by atoms with van der Waals surface area (Å²) in [5, 5.41) is 2.03. The molecule has 1 saturated heterocycles. The minimum absolute atomic E-state index is 0.130. The third kappa shape index (κ3) is 5.56. The van der Waals surface area contributed by atoms with Crippen molar-refractivity contribution in [2.24, 2.45) is 0 Å². The number of nitrogens with zero attached hydrogens (tertiary/aromatic N) is 2. The number of ether oxygens (including phenoxy) is 1. The Hall–Kier alpha value is -2.15. The van der Waals surface area contributed by atoms with Crippen molar-refractivity contribution in [1.29, 1.82) is 0 Å². The fourth-order valence-electron chi connectivity index (χ4n) is 3.76. The quantitative estimate of drug-likeness (QED) is 0.439. The second-order valence-electron chi connectivity index (χ2n) is 8.00. The highest BCUT2D eigenvalue weighted by Gasteiger charge is 2.23. The SMILES string of the molecule is Cc1cccc(OCc2csc(C(=O)N3CCN(Cc4cccc(Br)c4)CC3)c2)c1C. The van der Waals surface area contributed by atoms with Crippen molar-refractivity contribution in [3.63, 3.8) is 0 Å². The van der Waals surface area contributed by atoms with E-state index >= 15 is 0 Å². The van der Waals surface area contributed by atoms with Gasteiger partial charge in [-0.25, -0.2) is 0 Å². The van der Waals surface area contributed by atoms with Gasteiger partial charge in [-0.3, -0.25) is 9.69 Å². The molecule has 2 heterocycles. The summed E-state index contributed by atoms with van der Waals surface area (Å²) in [7, 11) is 0. The third-order valence-corrected chi connectivity index (χ3v) is 7.23. The van der Waals surface area contributed by atoms with E-state index in [-0.39, 0.29) is 5.91 Å². The van der Waals surface area contributed by atoms with Gasteiger partial charge < -0.3 is 9.64 Å². The van der Waals surface area contributed by atoms with Crippen LogP contribution in [0.25, 0.3) is 0 Å². The Morgan fingerprint density at radius 2 is 1.81 bits per heavy atom. The second kappa shape index (κ2) is 9.98. The maximum absolute atomic E-state index is 13.0. The Balaban J connectivity index is 1.29. The zero-order valence-electron chi connectivity index (χ0n) is 17.9. The number of amides is 1. The predicted molar refractivity (Wildman–Crippen MR) is 130 cm³/mol. The molecule has 3 aromatic rings. The molecule has 1 amide bonds. The highest BCUT2D eigenvalue weighted by Crippen LogP contribution is 2.24. The third-order valence-electron chi connectivity index (χ3n) is 5.77. The molecule has 1 fully saturated rings. The van der Waals surface area contributed by atoms with Crippen LogP contribution in [-0.2, 0) is 13.2 Å². The monoisotopic (exact) mass is 498 g/mol. The molecule has 162 valence electrons. The van der Waals surface area contributed by atoms with E-state index in [0.717, 1.165) is 59.0 Å². The van der Waals surface area contributed by atoms with Gasteiger partial charge in [0.2, 0.25) is 0 Å². The van der Waals surface area contributed by atoms with Gasteiger partial charge in [0.1, 0.15) is 12.4 Å². The molecule has 1 aliphatic heterocycles. The molecule has 0 unspecified atom stereocenters. The van der Waals surface area contributed by atoms with Crippen LogP contribution in [0.15, 0.2) is 58.4 Å². The van der Waals surface area contributed by atoms with Crippen LogP contribution in [0.4, 0.5) is 0 Å². The molecule has 0 spiro atoms. The van der Waals surface area contributed by atoms with Gasteiger partial charge in [-0.1, -0.05) is 40.2 Å². The molecule has 0 N–H and O–H groups in total. The van der Waals surface area contributed by atoms with E-state index in [4.69, 9.17) is 4.74 Å². The first-order valence-corrected chi connectivity index (χ1v) is 12.2. The zero-order chi connectivity index (χ0) is 21.8. The Morgan fingerprint density at radius 3 is 2.58 bits per heavy atom. The Bertz CT molecular complexity index is 1060. The first kappa shape index (κ1) is 22.1. The number of piperazine rings is 1. The number of carbonyl (C=O) groups is 1. The van der Waals surface area contributed by atoms with Gasteiger partial charge in [0, 0.05) is 42.8 Å². The van der Waals surface area contributed by atoms with Crippen LogP contribution in [0.1, 0.15) is 31.9 Å². The lowest BCUT2D eigenvalue weighted by molar-refractivity contribution is 0.0633. The van der Waals surface area contributed by atoms with E-state index in [9.17, 15) is 4.79 Å². The van der Waals surface area contributed by atoms with E-state index in [2.05, 4.69) is 58.9 Å². The van der Waals surface area contributed by atoms with E-state index in [1.54, 1.807) is 0 Å². The highest BCUT2D eigenvalue weighted by molar-refractivity contribution is 9.10. The normalized spacial score (nSPS) is 14.6. The molecule has 1 aliphatic rings. The van der Waals surface area contributed by atoms with Gasteiger partial charge in [-0.2, -0.15) is 0 Å². The molecule has 4 rings (SSSR count). The first-order chi connectivity index (χ1) is 15.0. The van der Waals surface area contributed by atoms with Gasteiger partial charge in [0.15, 0.2) is 0 Å².